The van der Waals surface area contributed by atoms with Crippen LogP contribution in [0.25, 0.3) is 0 Å². The first-order valence-corrected chi connectivity index (χ1v) is 7.17. The van der Waals surface area contributed by atoms with Crippen molar-refractivity contribution >= 4 is 5.91 Å². The lowest BCUT2D eigenvalue weighted by atomic mass is 10.0. The maximum absolute atomic E-state index is 12.3. The Morgan fingerprint density at radius 3 is 2.37 bits per heavy atom. The number of amides is 1. The summed E-state index contributed by atoms with van der Waals surface area (Å²) in [6.45, 7) is 4.82. The third kappa shape index (κ3) is 3.57. The third-order valence-electron chi connectivity index (χ3n) is 3.81. The van der Waals surface area contributed by atoms with Crippen molar-refractivity contribution in [3.05, 3.63) is 35.4 Å². The maximum atomic E-state index is 12.3. The Hall–Kier alpha value is -1.35. The van der Waals surface area contributed by atoms with E-state index < -0.39 is 0 Å². The molecule has 0 heterocycles. The highest BCUT2D eigenvalue weighted by atomic mass is 16.1. The lowest BCUT2D eigenvalue weighted by molar-refractivity contribution is -0.125. The summed E-state index contributed by atoms with van der Waals surface area (Å²) in [5.41, 5.74) is 8.37. The van der Waals surface area contributed by atoms with Crippen molar-refractivity contribution in [1.82, 2.24) is 5.32 Å². The molecule has 3 nitrogen and oxygen atoms in total. The highest BCUT2D eigenvalue weighted by molar-refractivity contribution is 5.80. The fourth-order valence-corrected chi connectivity index (χ4v) is 2.85. The van der Waals surface area contributed by atoms with E-state index in [1.807, 2.05) is 12.1 Å². The molecule has 0 spiro atoms. The number of hydrogen-bond donors (Lipinski definition) is 2. The minimum atomic E-state index is 0.0820. The van der Waals surface area contributed by atoms with Gasteiger partial charge in [0.2, 0.25) is 5.91 Å². The largest absolute Gasteiger partial charge is 0.352 e. The van der Waals surface area contributed by atoms with Crippen molar-refractivity contribution in [3.63, 3.8) is 0 Å². The summed E-state index contributed by atoms with van der Waals surface area (Å²) in [6, 6.07) is 8.44. The molecule has 0 saturated carbocycles. The third-order valence-corrected chi connectivity index (χ3v) is 3.81. The molecule has 0 radical (unpaired) electrons. The predicted octanol–water partition coefficient (Wildman–Crippen LogP) is 1.89. The van der Waals surface area contributed by atoms with Gasteiger partial charge in [0, 0.05) is 18.5 Å². The standard InChI is InChI=1S/C16H24N2O/c1-11(2)7-15(10-17)18-16(19)14-8-12-5-3-4-6-13(12)9-14/h3-6,11,14-15H,7-10,17H2,1-2H3,(H,18,19). The number of nitrogens with two attached hydrogens (primary N) is 1. The first-order valence-electron chi connectivity index (χ1n) is 7.17. The van der Waals surface area contributed by atoms with Gasteiger partial charge in [-0.25, -0.2) is 0 Å². The van der Waals surface area contributed by atoms with Crippen LogP contribution in [-0.2, 0) is 17.6 Å². The predicted molar refractivity (Wildman–Crippen MR) is 77.8 cm³/mol. The van der Waals surface area contributed by atoms with Gasteiger partial charge in [0.1, 0.15) is 0 Å². The average Bonchev–Trinajstić information content (AvgIpc) is 2.81. The topological polar surface area (TPSA) is 55.1 Å². The lowest BCUT2D eigenvalue weighted by Gasteiger charge is -2.21. The summed E-state index contributed by atoms with van der Waals surface area (Å²) in [7, 11) is 0. The molecule has 3 N–H and O–H groups in total. The van der Waals surface area contributed by atoms with Gasteiger partial charge in [-0.3, -0.25) is 4.79 Å². The van der Waals surface area contributed by atoms with Crippen molar-refractivity contribution in [3.8, 4) is 0 Å². The summed E-state index contributed by atoms with van der Waals surface area (Å²) in [5.74, 6) is 0.792. The van der Waals surface area contributed by atoms with E-state index in [9.17, 15) is 4.79 Å². The van der Waals surface area contributed by atoms with Crippen LogP contribution in [0, 0.1) is 11.8 Å². The second kappa shape index (κ2) is 6.20. The molecule has 0 aromatic heterocycles. The zero-order chi connectivity index (χ0) is 13.8. The molecule has 1 unspecified atom stereocenters. The highest BCUT2D eigenvalue weighted by Gasteiger charge is 2.28. The number of nitrogens with one attached hydrogen (secondary N) is 1. The van der Waals surface area contributed by atoms with Crippen LogP contribution in [0.2, 0.25) is 0 Å². The molecule has 2 rings (SSSR count). The molecule has 1 aliphatic carbocycles. The zero-order valence-corrected chi connectivity index (χ0v) is 11.9. The van der Waals surface area contributed by atoms with Crippen LogP contribution >= 0.6 is 0 Å². The Bertz CT molecular complexity index is 417. The molecular formula is C16H24N2O. The number of carbonyl (C=O) groups excluding carboxylic acids is 1. The Morgan fingerprint density at radius 2 is 1.89 bits per heavy atom. The molecule has 3 heteroatoms. The van der Waals surface area contributed by atoms with E-state index in [0.717, 1.165) is 19.3 Å². The molecule has 0 saturated heterocycles. The summed E-state index contributed by atoms with van der Waals surface area (Å²) in [6.07, 6.45) is 2.67. The molecule has 104 valence electrons. The zero-order valence-electron chi connectivity index (χ0n) is 11.9. The molecule has 0 aliphatic heterocycles. The van der Waals surface area contributed by atoms with Crippen molar-refractivity contribution < 1.29 is 4.79 Å². The van der Waals surface area contributed by atoms with Crippen LogP contribution in [0.4, 0.5) is 0 Å². The van der Waals surface area contributed by atoms with Gasteiger partial charge in [-0.15, -0.1) is 0 Å². The molecule has 1 aromatic rings. The molecule has 19 heavy (non-hydrogen) atoms. The number of rotatable bonds is 5. The fraction of sp³-hybridized carbons (Fsp3) is 0.562. The Morgan fingerprint density at radius 1 is 1.32 bits per heavy atom. The SMILES string of the molecule is CC(C)CC(CN)NC(=O)C1Cc2ccccc2C1. The summed E-state index contributed by atoms with van der Waals surface area (Å²) in [4.78, 5) is 12.3. The van der Waals surface area contributed by atoms with E-state index in [-0.39, 0.29) is 17.9 Å². The Balaban J connectivity index is 1.92. The van der Waals surface area contributed by atoms with Gasteiger partial charge >= 0.3 is 0 Å². The molecule has 0 bridgehead atoms. The summed E-state index contributed by atoms with van der Waals surface area (Å²) >= 11 is 0. The second-order valence-corrected chi connectivity index (χ2v) is 5.94. The van der Waals surface area contributed by atoms with Crippen molar-refractivity contribution in [2.45, 2.75) is 39.2 Å². The van der Waals surface area contributed by atoms with Gasteiger partial charge in [-0.2, -0.15) is 0 Å². The number of benzene rings is 1. The van der Waals surface area contributed by atoms with Crippen molar-refractivity contribution in [2.24, 2.45) is 17.6 Å². The van der Waals surface area contributed by atoms with Gasteiger partial charge in [0.05, 0.1) is 0 Å². The minimum absolute atomic E-state index is 0.0820. The number of hydrogen-bond acceptors (Lipinski definition) is 2. The normalized spacial score (nSPS) is 16.4. The second-order valence-electron chi connectivity index (χ2n) is 5.94. The molecule has 1 aliphatic rings. The van der Waals surface area contributed by atoms with E-state index in [1.54, 1.807) is 0 Å². The van der Waals surface area contributed by atoms with E-state index in [0.29, 0.717) is 12.5 Å². The molecule has 1 aromatic carbocycles. The van der Waals surface area contributed by atoms with Crippen LogP contribution < -0.4 is 11.1 Å². The monoisotopic (exact) mass is 260 g/mol. The minimum Gasteiger partial charge on any atom is -0.352 e. The molecule has 1 amide bonds. The molecule has 1 atom stereocenters. The summed E-state index contributed by atoms with van der Waals surface area (Å²) < 4.78 is 0. The maximum Gasteiger partial charge on any atom is 0.224 e. The van der Waals surface area contributed by atoms with Gasteiger partial charge in [0.15, 0.2) is 0 Å². The van der Waals surface area contributed by atoms with Crippen molar-refractivity contribution in [2.75, 3.05) is 6.54 Å². The van der Waals surface area contributed by atoms with Gasteiger partial charge in [-0.05, 0) is 36.3 Å². The first kappa shape index (κ1) is 14.1. The van der Waals surface area contributed by atoms with E-state index >= 15 is 0 Å². The Kier molecular flexibility index (Phi) is 4.59. The smallest absolute Gasteiger partial charge is 0.224 e. The van der Waals surface area contributed by atoms with Crippen molar-refractivity contribution in [1.29, 1.82) is 0 Å². The lowest BCUT2D eigenvalue weighted by Crippen LogP contribution is -2.44. The first-order chi connectivity index (χ1) is 9.10. The van der Waals surface area contributed by atoms with Crippen LogP contribution in [0.15, 0.2) is 24.3 Å². The van der Waals surface area contributed by atoms with Crippen LogP contribution in [0.3, 0.4) is 0 Å². The Labute approximate surface area is 115 Å². The van der Waals surface area contributed by atoms with Gasteiger partial charge in [-0.1, -0.05) is 38.1 Å². The number of carbonyl (C=O) groups is 1. The summed E-state index contributed by atoms with van der Waals surface area (Å²) in [5, 5.41) is 3.11. The highest BCUT2D eigenvalue weighted by Crippen LogP contribution is 2.26. The van der Waals surface area contributed by atoms with Crippen LogP contribution in [-0.4, -0.2) is 18.5 Å². The van der Waals surface area contributed by atoms with Crippen LogP contribution in [0.5, 0.6) is 0 Å². The average molecular weight is 260 g/mol. The van der Waals surface area contributed by atoms with E-state index in [1.165, 1.54) is 11.1 Å². The number of fused-ring (bicyclic) bond motifs is 1. The fourth-order valence-electron chi connectivity index (χ4n) is 2.85. The van der Waals surface area contributed by atoms with E-state index in [4.69, 9.17) is 5.73 Å². The van der Waals surface area contributed by atoms with Gasteiger partial charge < -0.3 is 11.1 Å². The van der Waals surface area contributed by atoms with Crippen LogP contribution in [0.1, 0.15) is 31.4 Å². The molecular weight excluding hydrogens is 236 g/mol. The quantitative estimate of drug-likeness (QED) is 0.849. The van der Waals surface area contributed by atoms with Gasteiger partial charge in [0.25, 0.3) is 0 Å². The molecule has 0 fully saturated rings. The van der Waals surface area contributed by atoms with E-state index in [2.05, 4.69) is 31.3 Å².